The van der Waals surface area contributed by atoms with Crippen molar-refractivity contribution < 1.29 is 19.7 Å². The summed E-state index contributed by atoms with van der Waals surface area (Å²) in [4.78, 5) is 12.3. The summed E-state index contributed by atoms with van der Waals surface area (Å²) in [5, 5.41) is 21.3. The van der Waals surface area contributed by atoms with E-state index in [1.54, 1.807) is 6.92 Å². The minimum Gasteiger partial charge on any atom is -0.462 e. The van der Waals surface area contributed by atoms with Gasteiger partial charge in [-0.3, -0.25) is 4.79 Å². The van der Waals surface area contributed by atoms with E-state index in [1.807, 2.05) is 0 Å². The number of hydrogen-bond acceptors (Lipinski definition) is 4. The lowest BCUT2D eigenvalue weighted by Crippen LogP contribution is -2.57. The third-order valence-corrected chi connectivity index (χ3v) is 11.5. The average Bonchev–Trinajstić information content (AvgIpc) is 3.12. The molecule has 4 nitrogen and oxygen atoms in total. The lowest BCUT2D eigenvalue weighted by atomic mass is 9.46. The fraction of sp³-hybridized carbons (Fsp3) is 0.900. The van der Waals surface area contributed by atoms with Crippen LogP contribution in [0.2, 0.25) is 0 Å². The van der Waals surface area contributed by atoms with Crippen LogP contribution >= 0.6 is 0 Å². The summed E-state index contributed by atoms with van der Waals surface area (Å²) in [6, 6.07) is 0. The first-order chi connectivity index (χ1) is 15.9. The molecule has 4 rings (SSSR count). The smallest absolute Gasteiger partial charge is 0.302 e. The van der Waals surface area contributed by atoms with Crippen molar-refractivity contribution in [3.63, 3.8) is 0 Å². The lowest BCUT2D eigenvalue weighted by Gasteiger charge is -2.60. The van der Waals surface area contributed by atoms with E-state index < -0.39 is 0 Å². The van der Waals surface area contributed by atoms with Crippen LogP contribution in [0.4, 0.5) is 0 Å². The molecule has 0 aromatic rings. The Kier molecular flexibility index (Phi) is 7.35. The molecular formula is C30H50O4. The van der Waals surface area contributed by atoms with E-state index >= 15 is 0 Å². The molecule has 0 aromatic heterocycles. The van der Waals surface area contributed by atoms with Gasteiger partial charge in [0.2, 0.25) is 0 Å². The molecule has 194 valence electrons. The van der Waals surface area contributed by atoms with Crippen LogP contribution in [0.1, 0.15) is 99.8 Å². The van der Waals surface area contributed by atoms with Crippen molar-refractivity contribution >= 4 is 5.97 Å². The van der Waals surface area contributed by atoms with Gasteiger partial charge in [-0.2, -0.15) is 0 Å². The molecule has 0 radical (unpaired) electrons. The van der Waals surface area contributed by atoms with Gasteiger partial charge in [0.1, 0.15) is 6.10 Å². The number of hydrogen-bond donors (Lipinski definition) is 2. The molecule has 0 heterocycles. The summed E-state index contributed by atoms with van der Waals surface area (Å²) < 4.78 is 6.20. The van der Waals surface area contributed by atoms with Crippen molar-refractivity contribution in [3.05, 3.63) is 11.6 Å². The van der Waals surface area contributed by atoms with Crippen molar-refractivity contribution in [2.24, 2.45) is 52.3 Å². The van der Waals surface area contributed by atoms with E-state index in [-0.39, 0.29) is 41.0 Å². The maximum absolute atomic E-state index is 12.3. The first-order valence-corrected chi connectivity index (χ1v) is 14.1. The van der Waals surface area contributed by atoms with E-state index in [1.165, 1.54) is 12.0 Å². The molecule has 11 atom stereocenters. The monoisotopic (exact) mass is 474 g/mol. The van der Waals surface area contributed by atoms with Crippen LogP contribution in [0.25, 0.3) is 0 Å². The van der Waals surface area contributed by atoms with Gasteiger partial charge in [-0.15, -0.1) is 0 Å². The molecule has 3 fully saturated rings. The summed E-state index contributed by atoms with van der Waals surface area (Å²) in [6.07, 6.45) is 9.88. The van der Waals surface area contributed by atoms with E-state index in [9.17, 15) is 15.0 Å². The zero-order valence-corrected chi connectivity index (χ0v) is 22.7. The van der Waals surface area contributed by atoms with Gasteiger partial charge < -0.3 is 14.9 Å². The van der Waals surface area contributed by atoms with Crippen molar-refractivity contribution in [2.75, 3.05) is 0 Å². The number of carbonyl (C=O) groups is 1. The van der Waals surface area contributed by atoms with Gasteiger partial charge in [-0.1, -0.05) is 53.2 Å². The van der Waals surface area contributed by atoms with Crippen LogP contribution in [0.5, 0.6) is 0 Å². The molecule has 4 aliphatic carbocycles. The molecule has 0 aliphatic heterocycles. The van der Waals surface area contributed by atoms with Gasteiger partial charge >= 0.3 is 5.97 Å². The second kappa shape index (κ2) is 9.54. The van der Waals surface area contributed by atoms with Crippen molar-refractivity contribution in [1.82, 2.24) is 0 Å². The van der Waals surface area contributed by atoms with E-state index in [2.05, 4.69) is 47.6 Å². The molecule has 4 aliphatic rings. The first kappa shape index (κ1) is 26.2. The van der Waals surface area contributed by atoms with Crippen LogP contribution in [0, 0.1) is 52.3 Å². The van der Waals surface area contributed by atoms with E-state index in [4.69, 9.17) is 4.74 Å². The maximum Gasteiger partial charge on any atom is 0.302 e. The van der Waals surface area contributed by atoms with Gasteiger partial charge in [0.15, 0.2) is 0 Å². The van der Waals surface area contributed by atoms with Crippen molar-refractivity contribution in [1.29, 1.82) is 0 Å². The predicted molar refractivity (Wildman–Crippen MR) is 136 cm³/mol. The number of allylic oxidation sites excluding steroid dienone is 1. The van der Waals surface area contributed by atoms with Gasteiger partial charge in [0.25, 0.3) is 0 Å². The molecule has 0 saturated heterocycles. The van der Waals surface area contributed by atoms with Crippen LogP contribution in [0.3, 0.4) is 0 Å². The Labute approximate surface area is 207 Å². The molecule has 0 spiro atoms. The number of aliphatic hydroxyl groups excluding tert-OH is 2. The van der Waals surface area contributed by atoms with Gasteiger partial charge in [0.05, 0.1) is 12.2 Å². The molecular weight excluding hydrogens is 424 g/mol. The molecule has 4 heteroatoms. The van der Waals surface area contributed by atoms with Crippen molar-refractivity contribution in [3.8, 4) is 0 Å². The minimum absolute atomic E-state index is 0.0388. The Hall–Kier alpha value is -0.870. The fourth-order valence-corrected chi connectivity index (χ4v) is 9.12. The number of fused-ring (bicyclic) bond motifs is 5. The number of esters is 1. The average molecular weight is 475 g/mol. The Morgan fingerprint density at radius 2 is 1.85 bits per heavy atom. The normalized spacial score (nSPS) is 44.4. The second-order valence-electron chi connectivity index (χ2n) is 13.4. The molecule has 2 N–H and O–H groups in total. The first-order valence-electron chi connectivity index (χ1n) is 14.1. The summed E-state index contributed by atoms with van der Waals surface area (Å²) in [5.74, 6) is 3.14. The Balaban J connectivity index is 1.63. The lowest BCUT2D eigenvalue weighted by molar-refractivity contribution is -0.180. The molecule has 34 heavy (non-hydrogen) atoms. The molecule has 0 amide bonds. The summed E-state index contributed by atoms with van der Waals surface area (Å²) in [6.45, 7) is 15.3. The predicted octanol–water partition coefficient (Wildman–Crippen LogP) is 6.15. The molecule has 0 aromatic carbocycles. The van der Waals surface area contributed by atoms with Gasteiger partial charge in [0, 0.05) is 12.3 Å². The highest BCUT2D eigenvalue weighted by molar-refractivity contribution is 5.66. The highest BCUT2D eigenvalue weighted by Gasteiger charge is 2.64. The van der Waals surface area contributed by atoms with Crippen LogP contribution < -0.4 is 0 Å². The van der Waals surface area contributed by atoms with E-state index in [0.29, 0.717) is 35.5 Å². The fourth-order valence-electron chi connectivity index (χ4n) is 9.12. The highest BCUT2D eigenvalue weighted by Crippen LogP contribution is 2.68. The summed E-state index contributed by atoms with van der Waals surface area (Å²) >= 11 is 0. The van der Waals surface area contributed by atoms with E-state index in [0.717, 1.165) is 44.9 Å². The van der Waals surface area contributed by atoms with Gasteiger partial charge in [-0.25, -0.2) is 0 Å². The highest BCUT2D eigenvalue weighted by atomic mass is 16.5. The quantitative estimate of drug-likeness (QED) is 0.358. The Morgan fingerprint density at radius 1 is 1.15 bits per heavy atom. The summed E-state index contributed by atoms with van der Waals surface area (Å²) in [5.41, 5.74) is 1.53. The molecule has 3 saturated carbocycles. The Bertz CT molecular complexity index is 789. The zero-order chi connectivity index (χ0) is 25.0. The molecule has 6 unspecified atom stereocenters. The largest absolute Gasteiger partial charge is 0.462 e. The molecule has 0 bridgehead atoms. The number of ether oxygens (including phenoxy) is 1. The SMILES string of the molecule is CC(=O)O[C@@H]1CC2[C@@H](CC=C3C[C@@H](O)CC[C@@]32C)C2CCC(C(C)CC(O)C(C)C(C)C)[C@]21C. The maximum atomic E-state index is 12.3. The standard InChI is InChI=1S/C30H50O4/c1-17(2)19(4)27(33)14-18(3)24-10-11-25-23-9-8-21-15-22(32)12-13-29(21,6)26(23)16-28(30(24,25)7)34-20(5)31/h8,17-19,22-28,32-33H,9-16H2,1-7H3/t18?,19?,22-,23-,24?,25?,26?,27?,28+,29-,30+/m0/s1. The van der Waals surface area contributed by atoms with Gasteiger partial charge in [-0.05, 0) is 98.2 Å². The third kappa shape index (κ3) is 4.29. The number of aliphatic hydroxyl groups is 2. The number of carbonyl (C=O) groups excluding carboxylic acids is 1. The van der Waals surface area contributed by atoms with Crippen LogP contribution in [0.15, 0.2) is 11.6 Å². The van der Waals surface area contributed by atoms with Crippen molar-refractivity contribution in [2.45, 2.75) is 118 Å². The second-order valence-corrected chi connectivity index (χ2v) is 13.4. The van der Waals surface area contributed by atoms with Crippen LogP contribution in [-0.4, -0.2) is 34.5 Å². The van der Waals surface area contributed by atoms with Crippen LogP contribution in [-0.2, 0) is 9.53 Å². The Morgan fingerprint density at radius 3 is 2.50 bits per heavy atom. The minimum atomic E-state index is -0.283. The third-order valence-electron chi connectivity index (χ3n) is 11.5. The number of rotatable bonds is 6. The topological polar surface area (TPSA) is 66.8 Å². The zero-order valence-electron chi connectivity index (χ0n) is 22.7. The summed E-state index contributed by atoms with van der Waals surface area (Å²) in [7, 11) is 0.